The van der Waals surface area contributed by atoms with E-state index < -0.39 is 24.0 Å². The van der Waals surface area contributed by atoms with Crippen LogP contribution in [0.4, 0.5) is 13.2 Å². The number of hydrogen-bond donors (Lipinski definition) is 1. The lowest BCUT2D eigenvalue weighted by Gasteiger charge is -2.36. The van der Waals surface area contributed by atoms with Crippen molar-refractivity contribution in [1.29, 1.82) is 0 Å². The number of aliphatic carboxylic acids is 1. The van der Waals surface area contributed by atoms with Gasteiger partial charge in [-0.25, -0.2) is 0 Å². The summed E-state index contributed by atoms with van der Waals surface area (Å²) in [5, 5.41) is 8.61. The Kier molecular flexibility index (Phi) is 4.00. The average molecular weight is 253 g/mol. The molecular weight excluding hydrogens is 239 g/mol. The zero-order chi connectivity index (χ0) is 13.2. The molecule has 1 heterocycles. The van der Waals surface area contributed by atoms with Crippen LogP contribution in [0.5, 0.6) is 0 Å². The lowest BCUT2D eigenvalue weighted by molar-refractivity contribution is -0.188. The highest BCUT2D eigenvalue weighted by atomic mass is 19.4. The lowest BCUT2D eigenvalue weighted by Crippen LogP contribution is -2.49. The first-order chi connectivity index (χ1) is 7.70. The molecule has 17 heavy (non-hydrogen) atoms. The molecule has 0 spiro atoms. The third-order valence-electron chi connectivity index (χ3n) is 2.74. The lowest BCUT2D eigenvalue weighted by atomic mass is 9.88. The molecule has 0 saturated carbocycles. The zero-order valence-electron chi connectivity index (χ0n) is 9.33. The average Bonchev–Trinajstić information content (AvgIpc) is 2.12. The Morgan fingerprint density at radius 3 is 2.41 bits per heavy atom. The molecule has 98 valence electrons. The predicted molar refractivity (Wildman–Crippen MR) is 52.2 cm³/mol. The topological polar surface area (TPSA) is 57.6 Å². The molecule has 1 aliphatic heterocycles. The standard InChI is InChI=1S/C10H14F3NO3/c1-6-2-7(3-8(15)16)5-14(4-6)9(17)10(11,12)13/h6-7H,2-5H2,1H3,(H,15,16). The third-order valence-corrected chi connectivity index (χ3v) is 2.74. The van der Waals surface area contributed by atoms with Gasteiger partial charge in [0.2, 0.25) is 0 Å². The van der Waals surface area contributed by atoms with Gasteiger partial charge in [0.05, 0.1) is 0 Å². The molecule has 0 aromatic rings. The highest BCUT2D eigenvalue weighted by molar-refractivity contribution is 5.82. The van der Waals surface area contributed by atoms with E-state index in [9.17, 15) is 22.8 Å². The molecule has 7 heteroatoms. The summed E-state index contributed by atoms with van der Waals surface area (Å²) in [6, 6.07) is 0. The first kappa shape index (κ1) is 13.8. The Hall–Kier alpha value is -1.27. The maximum absolute atomic E-state index is 12.2. The summed E-state index contributed by atoms with van der Waals surface area (Å²) in [4.78, 5) is 22.3. The predicted octanol–water partition coefficient (Wildman–Crippen LogP) is 1.51. The Labute approximate surface area is 96.4 Å². The van der Waals surface area contributed by atoms with E-state index in [4.69, 9.17) is 5.11 Å². The second kappa shape index (κ2) is 4.93. The molecule has 1 saturated heterocycles. The number of carboxylic acid groups (broad SMARTS) is 1. The number of likely N-dealkylation sites (tertiary alicyclic amines) is 1. The highest BCUT2D eigenvalue weighted by Crippen LogP contribution is 2.27. The molecule has 4 nitrogen and oxygen atoms in total. The Morgan fingerprint density at radius 1 is 1.35 bits per heavy atom. The fourth-order valence-electron chi connectivity index (χ4n) is 2.22. The van der Waals surface area contributed by atoms with E-state index in [2.05, 4.69) is 0 Å². The van der Waals surface area contributed by atoms with Crippen molar-refractivity contribution in [3.05, 3.63) is 0 Å². The first-order valence-electron chi connectivity index (χ1n) is 5.28. The summed E-state index contributed by atoms with van der Waals surface area (Å²) >= 11 is 0. The van der Waals surface area contributed by atoms with Crippen molar-refractivity contribution >= 4 is 11.9 Å². The summed E-state index contributed by atoms with van der Waals surface area (Å²) in [7, 11) is 0. The van der Waals surface area contributed by atoms with Crippen LogP contribution in [0, 0.1) is 11.8 Å². The Balaban J connectivity index is 2.68. The molecule has 0 aromatic heterocycles. The number of amides is 1. The number of halogens is 3. The largest absolute Gasteiger partial charge is 0.481 e. The molecule has 0 aliphatic carbocycles. The first-order valence-corrected chi connectivity index (χ1v) is 5.28. The van der Waals surface area contributed by atoms with Gasteiger partial charge >= 0.3 is 18.1 Å². The van der Waals surface area contributed by atoms with Crippen LogP contribution < -0.4 is 0 Å². The van der Waals surface area contributed by atoms with Gasteiger partial charge in [0.15, 0.2) is 0 Å². The van der Waals surface area contributed by atoms with E-state index in [1.54, 1.807) is 6.92 Å². The van der Waals surface area contributed by atoms with E-state index in [-0.39, 0.29) is 25.4 Å². The number of carboxylic acids is 1. The number of rotatable bonds is 2. The van der Waals surface area contributed by atoms with Gasteiger partial charge in [-0.2, -0.15) is 13.2 Å². The maximum atomic E-state index is 12.2. The van der Waals surface area contributed by atoms with Crippen LogP contribution in [-0.2, 0) is 9.59 Å². The summed E-state index contributed by atoms with van der Waals surface area (Å²) in [5.41, 5.74) is 0. The number of carbonyl (C=O) groups excluding carboxylic acids is 1. The monoisotopic (exact) mass is 253 g/mol. The van der Waals surface area contributed by atoms with Crippen LogP contribution in [0.1, 0.15) is 19.8 Å². The van der Waals surface area contributed by atoms with Gasteiger partial charge < -0.3 is 10.0 Å². The molecule has 2 unspecified atom stereocenters. The normalized spacial score (nSPS) is 25.8. The minimum absolute atomic E-state index is 0.0362. The van der Waals surface area contributed by atoms with Crippen molar-refractivity contribution < 1.29 is 27.9 Å². The van der Waals surface area contributed by atoms with Gasteiger partial charge in [-0.15, -0.1) is 0 Å². The highest BCUT2D eigenvalue weighted by Gasteiger charge is 2.44. The Bertz CT molecular complexity index is 316. The number of hydrogen-bond acceptors (Lipinski definition) is 2. The van der Waals surface area contributed by atoms with E-state index in [0.29, 0.717) is 11.3 Å². The van der Waals surface area contributed by atoms with Gasteiger partial charge in [-0.05, 0) is 18.3 Å². The SMILES string of the molecule is CC1CC(CC(=O)O)CN(C(=O)C(F)(F)F)C1. The smallest absolute Gasteiger partial charge is 0.471 e. The molecule has 1 N–H and O–H groups in total. The van der Waals surface area contributed by atoms with Crippen molar-refractivity contribution in [2.24, 2.45) is 11.8 Å². The second-order valence-corrected chi connectivity index (χ2v) is 4.51. The number of alkyl halides is 3. The van der Waals surface area contributed by atoms with Crippen molar-refractivity contribution in [2.75, 3.05) is 13.1 Å². The molecule has 1 rings (SSSR count). The van der Waals surface area contributed by atoms with E-state index in [1.165, 1.54) is 0 Å². The van der Waals surface area contributed by atoms with Crippen LogP contribution in [0.2, 0.25) is 0 Å². The fourth-order valence-corrected chi connectivity index (χ4v) is 2.22. The van der Waals surface area contributed by atoms with Gasteiger partial charge in [-0.1, -0.05) is 6.92 Å². The Morgan fingerprint density at radius 2 is 1.94 bits per heavy atom. The maximum Gasteiger partial charge on any atom is 0.471 e. The van der Waals surface area contributed by atoms with Crippen LogP contribution >= 0.6 is 0 Å². The molecule has 0 radical (unpaired) electrons. The minimum atomic E-state index is -4.88. The van der Waals surface area contributed by atoms with Crippen molar-refractivity contribution in [1.82, 2.24) is 4.90 Å². The minimum Gasteiger partial charge on any atom is -0.481 e. The van der Waals surface area contributed by atoms with Crippen LogP contribution in [0.25, 0.3) is 0 Å². The molecule has 2 atom stereocenters. The van der Waals surface area contributed by atoms with E-state index in [1.807, 2.05) is 0 Å². The number of nitrogens with zero attached hydrogens (tertiary/aromatic N) is 1. The second-order valence-electron chi connectivity index (χ2n) is 4.51. The van der Waals surface area contributed by atoms with Gasteiger partial charge in [0.25, 0.3) is 0 Å². The van der Waals surface area contributed by atoms with Crippen molar-refractivity contribution in [3.63, 3.8) is 0 Å². The van der Waals surface area contributed by atoms with Crippen LogP contribution in [0.3, 0.4) is 0 Å². The third kappa shape index (κ3) is 3.90. The summed E-state index contributed by atoms with van der Waals surface area (Å²) < 4.78 is 36.7. The van der Waals surface area contributed by atoms with Crippen LogP contribution in [0.15, 0.2) is 0 Å². The van der Waals surface area contributed by atoms with Gasteiger partial charge in [-0.3, -0.25) is 9.59 Å². The summed E-state index contributed by atoms with van der Waals surface area (Å²) in [6.07, 6.45) is -4.55. The number of piperidine rings is 1. The van der Waals surface area contributed by atoms with E-state index in [0.717, 1.165) is 0 Å². The molecule has 1 fully saturated rings. The van der Waals surface area contributed by atoms with Crippen molar-refractivity contribution in [3.8, 4) is 0 Å². The molecule has 0 bridgehead atoms. The van der Waals surface area contributed by atoms with Crippen LogP contribution in [-0.4, -0.2) is 41.1 Å². The molecular formula is C10H14F3NO3. The van der Waals surface area contributed by atoms with Gasteiger partial charge in [0.1, 0.15) is 0 Å². The number of carbonyl (C=O) groups is 2. The zero-order valence-corrected chi connectivity index (χ0v) is 9.33. The molecule has 0 aromatic carbocycles. The quantitative estimate of drug-likeness (QED) is 0.811. The molecule has 1 aliphatic rings. The van der Waals surface area contributed by atoms with E-state index >= 15 is 0 Å². The summed E-state index contributed by atoms with van der Waals surface area (Å²) in [6.45, 7) is 1.62. The van der Waals surface area contributed by atoms with Crippen molar-refractivity contribution in [2.45, 2.75) is 25.9 Å². The summed E-state index contributed by atoms with van der Waals surface area (Å²) in [5.74, 6) is -3.44. The fraction of sp³-hybridized carbons (Fsp3) is 0.800. The molecule has 1 amide bonds. The van der Waals surface area contributed by atoms with Gasteiger partial charge in [0, 0.05) is 19.5 Å².